The van der Waals surface area contributed by atoms with Crippen molar-refractivity contribution in [3.63, 3.8) is 0 Å². The number of ketones is 1. The van der Waals surface area contributed by atoms with E-state index in [1.54, 1.807) is 42.5 Å². The molecule has 0 unspecified atom stereocenters. The molecule has 156 valence electrons. The van der Waals surface area contributed by atoms with E-state index in [1.807, 2.05) is 60.7 Å². The molecule has 0 N–H and O–H groups in total. The standard InChI is InChI=1S/C27H19NO4/c29-27-24-16-15-23(31-18-19-7-3-1-4-8-19)17-25(24)28(30)26(27)20-11-13-22(14-12-20)32-21-9-5-2-6-10-21/h1-17H,18H2. The minimum Gasteiger partial charge on any atom is -0.618 e. The summed E-state index contributed by atoms with van der Waals surface area (Å²) in [6.45, 7) is 0.381. The Hall–Kier alpha value is -4.38. The molecule has 4 aromatic rings. The Morgan fingerprint density at radius 1 is 0.719 bits per heavy atom. The Morgan fingerprint density at radius 3 is 2.06 bits per heavy atom. The third-order valence-electron chi connectivity index (χ3n) is 5.21. The van der Waals surface area contributed by atoms with E-state index in [0.29, 0.717) is 45.4 Å². The summed E-state index contributed by atoms with van der Waals surface area (Å²) in [5, 5.41) is 13.0. The number of hydrogen-bond acceptors (Lipinski definition) is 4. The maximum Gasteiger partial charge on any atom is 0.272 e. The molecule has 0 atom stereocenters. The van der Waals surface area contributed by atoms with Crippen molar-refractivity contribution >= 4 is 17.2 Å². The van der Waals surface area contributed by atoms with Crippen molar-refractivity contribution in [1.29, 1.82) is 0 Å². The molecule has 0 spiro atoms. The third-order valence-corrected chi connectivity index (χ3v) is 5.21. The Kier molecular flexibility index (Phi) is 5.14. The first-order valence-corrected chi connectivity index (χ1v) is 10.2. The number of hydrogen-bond donors (Lipinski definition) is 0. The molecule has 0 fully saturated rings. The lowest BCUT2D eigenvalue weighted by atomic mass is 10.0. The number of Topliss-reactive ketones (excluding diaryl/α,β-unsaturated/α-hetero) is 1. The molecule has 32 heavy (non-hydrogen) atoms. The monoisotopic (exact) mass is 421 g/mol. The highest BCUT2D eigenvalue weighted by atomic mass is 16.5. The Labute approximate surface area is 185 Å². The molecule has 0 bridgehead atoms. The van der Waals surface area contributed by atoms with Crippen LogP contribution in [0, 0.1) is 5.21 Å². The maximum absolute atomic E-state index is 13.0. The average molecular weight is 421 g/mol. The van der Waals surface area contributed by atoms with Crippen molar-refractivity contribution < 1.29 is 19.0 Å². The molecular formula is C27H19NO4. The number of fused-ring (bicyclic) bond motifs is 1. The van der Waals surface area contributed by atoms with E-state index in [0.717, 1.165) is 5.56 Å². The van der Waals surface area contributed by atoms with Crippen LogP contribution in [-0.2, 0) is 6.61 Å². The highest BCUT2D eigenvalue weighted by Crippen LogP contribution is 2.32. The van der Waals surface area contributed by atoms with Crippen LogP contribution in [0.1, 0.15) is 21.5 Å². The average Bonchev–Trinajstić information content (AvgIpc) is 3.09. The van der Waals surface area contributed by atoms with Gasteiger partial charge in [-0.25, -0.2) is 0 Å². The molecule has 1 aliphatic heterocycles. The zero-order valence-corrected chi connectivity index (χ0v) is 17.1. The van der Waals surface area contributed by atoms with E-state index in [2.05, 4.69) is 0 Å². The smallest absolute Gasteiger partial charge is 0.272 e. The quantitative estimate of drug-likeness (QED) is 0.288. The van der Waals surface area contributed by atoms with Gasteiger partial charge in [0.05, 0.1) is 11.6 Å². The molecule has 0 amide bonds. The van der Waals surface area contributed by atoms with Crippen LogP contribution < -0.4 is 9.47 Å². The fourth-order valence-electron chi connectivity index (χ4n) is 3.60. The van der Waals surface area contributed by atoms with Crippen LogP contribution in [0.4, 0.5) is 5.69 Å². The van der Waals surface area contributed by atoms with E-state index < -0.39 is 0 Å². The van der Waals surface area contributed by atoms with Gasteiger partial charge in [-0.1, -0.05) is 48.5 Å². The van der Waals surface area contributed by atoms with Gasteiger partial charge in [0.15, 0.2) is 0 Å². The van der Waals surface area contributed by atoms with Gasteiger partial charge >= 0.3 is 0 Å². The lowest BCUT2D eigenvalue weighted by Crippen LogP contribution is -2.16. The van der Waals surface area contributed by atoms with Gasteiger partial charge in [-0.05, 0) is 54.1 Å². The van der Waals surface area contributed by atoms with Gasteiger partial charge in [-0.3, -0.25) is 4.79 Å². The summed E-state index contributed by atoms with van der Waals surface area (Å²) >= 11 is 0. The number of ether oxygens (including phenoxy) is 2. The van der Waals surface area contributed by atoms with Crippen LogP contribution >= 0.6 is 0 Å². The van der Waals surface area contributed by atoms with Gasteiger partial charge in [-0.2, -0.15) is 4.74 Å². The van der Waals surface area contributed by atoms with Gasteiger partial charge in [0.2, 0.25) is 5.69 Å². The van der Waals surface area contributed by atoms with Gasteiger partial charge in [0, 0.05) is 0 Å². The van der Waals surface area contributed by atoms with E-state index in [4.69, 9.17) is 9.47 Å². The van der Waals surface area contributed by atoms with E-state index in [1.165, 1.54) is 0 Å². The first-order chi connectivity index (χ1) is 15.7. The second-order valence-electron chi connectivity index (χ2n) is 7.36. The van der Waals surface area contributed by atoms with Crippen LogP contribution in [0.5, 0.6) is 17.2 Å². The maximum atomic E-state index is 13.0. The second kappa shape index (κ2) is 8.40. The predicted molar refractivity (Wildman–Crippen MR) is 122 cm³/mol. The molecule has 5 rings (SSSR count). The number of nitrogens with zero attached hydrogens (tertiary/aromatic N) is 1. The lowest BCUT2D eigenvalue weighted by molar-refractivity contribution is -0.355. The fourth-order valence-corrected chi connectivity index (χ4v) is 3.60. The van der Waals surface area contributed by atoms with Crippen molar-refractivity contribution in [1.82, 2.24) is 0 Å². The minimum absolute atomic E-state index is 0.0893. The van der Waals surface area contributed by atoms with Crippen molar-refractivity contribution in [3.05, 3.63) is 125 Å². The molecule has 5 nitrogen and oxygen atoms in total. The summed E-state index contributed by atoms with van der Waals surface area (Å²) in [5.74, 6) is 1.57. The minimum atomic E-state index is -0.304. The number of rotatable bonds is 6. The fraction of sp³-hybridized carbons (Fsp3) is 0.0370. The summed E-state index contributed by atoms with van der Waals surface area (Å²) in [6.07, 6.45) is 0. The molecule has 0 aliphatic carbocycles. The van der Waals surface area contributed by atoms with Crippen LogP contribution in [-0.4, -0.2) is 16.2 Å². The predicted octanol–water partition coefficient (Wildman–Crippen LogP) is 5.89. The van der Waals surface area contributed by atoms with Crippen LogP contribution in [0.2, 0.25) is 0 Å². The summed E-state index contributed by atoms with van der Waals surface area (Å²) in [6, 6.07) is 31.1. The first kappa shape index (κ1) is 19.6. The van der Waals surface area contributed by atoms with Gasteiger partial charge in [0.25, 0.3) is 11.5 Å². The summed E-state index contributed by atoms with van der Waals surface area (Å²) < 4.78 is 12.3. The highest BCUT2D eigenvalue weighted by Gasteiger charge is 2.36. The molecule has 0 saturated heterocycles. The van der Waals surface area contributed by atoms with Crippen LogP contribution in [0.3, 0.4) is 0 Å². The van der Waals surface area contributed by atoms with E-state index >= 15 is 0 Å². The largest absolute Gasteiger partial charge is 0.618 e. The summed E-state index contributed by atoms with van der Waals surface area (Å²) in [4.78, 5) is 12.9. The lowest BCUT2D eigenvalue weighted by Gasteiger charge is -2.08. The molecule has 5 heteroatoms. The van der Waals surface area contributed by atoms with E-state index in [9.17, 15) is 10.0 Å². The number of carbonyl (C=O) groups is 1. The summed E-state index contributed by atoms with van der Waals surface area (Å²) in [5.41, 5.74) is 2.31. The second-order valence-corrected chi connectivity index (χ2v) is 7.36. The SMILES string of the molecule is O=C1C(c2ccc(Oc3ccccc3)cc2)=[N+]([O-])c2cc(OCc3ccccc3)ccc21. The first-order valence-electron chi connectivity index (χ1n) is 10.2. The molecule has 1 aliphatic rings. The molecule has 4 aromatic carbocycles. The normalized spacial score (nSPS) is 12.6. The number of carbonyl (C=O) groups excluding carboxylic acids is 1. The molecule has 1 heterocycles. The number of benzene rings is 4. The van der Waals surface area contributed by atoms with Crippen molar-refractivity contribution in [2.75, 3.05) is 0 Å². The van der Waals surface area contributed by atoms with Crippen LogP contribution in [0.25, 0.3) is 0 Å². The Morgan fingerprint density at radius 2 is 1.34 bits per heavy atom. The van der Waals surface area contributed by atoms with E-state index in [-0.39, 0.29) is 11.5 Å². The molecule has 0 saturated carbocycles. The van der Waals surface area contributed by atoms with Gasteiger partial charge in [0.1, 0.15) is 29.4 Å². The third kappa shape index (κ3) is 3.84. The Balaban J connectivity index is 1.37. The molecule has 0 aromatic heterocycles. The molecular weight excluding hydrogens is 402 g/mol. The van der Waals surface area contributed by atoms with Gasteiger partial charge < -0.3 is 14.7 Å². The van der Waals surface area contributed by atoms with Crippen molar-refractivity contribution in [2.24, 2.45) is 0 Å². The van der Waals surface area contributed by atoms with Crippen molar-refractivity contribution in [3.8, 4) is 17.2 Å². The summed E-state index contributed by atoms with van der Waals surface area (Å²) in [7, 11) is 0. The van der Waals surface area contributed by atoms with Crippen LogP contribution in [0.15, 0.2) is 103 Å². The topological polar surface area (TPSA) is 61.6 Å². The zero-order valence-electron chi connectivity index (χ0n) is 17.1. The number of para-hydroxylation sites is 1. The van der Waals surface area contributed by atoms with Crippen molar-refractivity contribution in [2.45, 2.75) is 6.61 Å². The highest BCUT2D eigenvalue weighted by molar-refractivity contribution is 6.52. The zero-order chi connectivity index (χ0) is 21.9. The Bertz CT molecular complexity index is 1300. The molecule has 0 radical (unpaired) electrons. The van der Waals surface area contributed by atoms with Gasteiger partial charge in [-0.15, -0.1) is 0 Å².